The van der Waals surface area contributed by atoms with Crippen molar-refractivity contribution in [1.82, 2.24) is 10.5 Å². The maximum Gasteiger partial charge on any atom is 0.251 e. The van der Waals surface area contributed by atoms with Crippen LogP contribution in [0.15, 0.2) is 41.1 Å². The Kier molecular flexibility index (Phi) is 3.55. The number of amides is 1. The predicted octanol–water partition coefficient (Wildman–Crippen LogP) is 2.21. The predicted molar refractivity (Wildman–Crippen MR) is 66.8 cm³/mol. The van der Waals surface area contributed by atoms with Gasteiger partial charge in [0.1, 0.15) is 12.0 Å². The third-order valence-corrected chi connectivity index (χ3v) is 2.75. The van der Waals surface area contributed by atoms with Crippen molar-refractivity contribution in [3.05, 3.63) is 51.4 Å². The minimum Gasteiger partial charge on any atom is -0.364 e. The van der Waals surface area contributed by atoms with Gasteiger partial charge in [-0.3, -0.25) is 4.79 Å². The molecule has 2 aromatic rings. The molecule has 0 atom stereocenters. The number of halogens is 1. The monoisotopic (exact) mass is 328 g/mol. The average Bonchev–Trinajstić information content (AvgIpc) is 2.80. The van der Waals surface area contributed by atoms with Gasteiger partial charge in [-0.05, 0) is 46.9 Å². The highest BCUT2D eigenvalue weighted by Gasteiger charge is 2.05. The largest absolute Gasteiger partial charge is 0.364 e. The molecule has 82 valence electrons. The first-order chi connectivity index (χ1) is 7.75. The third kappa shape index (κ3) is 2.82. The number of carbonyl (C=O) groups excluding carboxylic acids is 1. The van der Waals surface area contributed by atoms with Crippen molar-refractivity contribution in [3.63, 3.8) is 0 Å². The Morgan fingerprint density at radius 2 is 2.06 bits per heavy atom. The number of rotatable bonds is 3. The van der Waals surface area contributed by atoms with Crippen LogP contribution in [0.2, 0.25) is 0 Å². The lowest BCUT2D eigenvalue weighted by atomic mass is 10.2. The molecule has 1 N–H and O–H groups in total. The number of carbonyl (C=O) groups is 1. The molecule has 0 radical (unpaired) electrons. The molecule has 0 unspecified atom stereocenters. The van der Waals surface area contributed by atoms with Crippen LogP contribution in [0.1, 0.15) is 16.1 Å². The van der Waals surface area contributed by atoms with E-state index in [9.17, 15) is 4.79 Å². The zero-order valence-electron chi connectivity index (χ0n) is 8.31. The fraction of sp³-hybridized carbons (Fsp3) is 0.0909. The van der Waals surface area contributed by atoms with E-state index in [2.05, 4.69) is 37.6 Å². The van der Waals surface area contributed by atoms with Crippen LogP contribution >= 0.6 is 22.6 Å². The molecule has 1 aromatic heterocycles. The van der Waals surface area contributed by atoms with Crippen LogP contribution in [0, 0.1) is 3.57 Å². The standard InChI is InChI=1S/C11H9IN2O2/c12-9-3-1-8(2-4-9)11(15)13-7-10-5-6-16-14-10/h1-6H,7H2,(H,13,15). The second-order valence-electron chi connectivity index (χ2n) is 3.18. The van der Waals surface area contributed by atoms with Gasteiger partial charge in [0.2, 0.25) is 0 Å². The molecule has 4 nitrogen and oxygen atoms in total. The van der Waals surface area contributed by atoms with E-state index in [0.29, 0.717) is 17.8 Å². The van der Waals surface area contributed by atoms with Gasteiger partial charge in [0, 0.05) is 15.2 Å². The molecule has 0 saturated heterocycles. The molecule has 0 aliphatic rings. The number of hydrogen-bond acceptors (Lipinski definition) is 3. The Balaban J connectivity index is 1.95. The molecule has 1 amide bonds. The zero-order valence-corrected chi connectivity index (χ0v) is 10.5. The summed E-state index contributed by atoms with van der Waals surface area (Å²) >= 11 is 2.20. The van der Waals surface area contributed by atoms with Crippen LogP contribution in [0.25, 0.3) is 0 Å². The van der Waals surface area contributed by atoms with Gasteiger partial charge in [0.15, 0.2) is 0 Å². The lowest BCUT2D eigenvalue weighted by molar-refractivity contribution is 0.0950. The number of hydrogen-bond donors (Lipinski definition) is 1. The molecule has 16 heavy (non-hydrogen) atoms. The molecular formula is C11H9IN2O2. The van der Waals surface area contributed by atoms with Crippen molar-refractivity contribution in [2.75, 3.05) is 0 Å². The molecule has 5 heteroatoms. The van der Waals surface area contributed by atoms with Crippen LogP contribution < -0.4 is 5.32 Å². The Hall–Kier alpha value is -1.37. The SMILES string of the molecule is O=C(NCc1ccon1)c1ccc(I)cc1. The molecule has 0 saturated carbocycles. The summed E-state index contributed by atoms with van der Waals surface area (Å²) in [7, 11) is 0. The zero-order chi connectivity index (χ0) is 11.4. The van der Waals surface area contributed by atoms with Crippen molar-refractivity contribution < 1.29 is 9.32 Å². The van der Waals surface area contributed by atoms with Gasteiger partial charge in [-0.2, -0.15) is 0 Å². The quantitative estimate of drug-likeness (QED) is 0.879. The average molecular weight is 328 g/mol. The van der Waals surface area contributed by atoms with Crippen LogP contribution in [0.3, 0.4) is 0 Å². The smallest absolute Gasteiger partial charge is 0.251 e. The van der Waals surface area contributed by atoms with Gasteiger partial charge in [0.05, 0.1) is 6.54 Å². The molecule has 0 spiro atoms. The molecule has 0 aliphatic heterocycles. The third-order valence-electron chi connectivity index (χ3n) is 2.03. The number of aromatic nitrogens is 1. The van der Waals surface area contributed by atoms with Gasteiger partial charge in [0.25, 0.3) is 5.91 Å². The molecule has 2 rings (SSSR count). The Morgan fingerprint density at radius 1 is 1.31 bits per heavy atom. The van der Waals surface area contributed by atoms with Crippen molar-refractivity contribution in [3.8, 4) is 0 Å². The van der Waals surface area contributed by atoms with Crippen molar-refractivity contribution in [2.45, 2.75) is 6.54 Å². The lowest BCUT2D eigenvalue weighted by Gasteiger charge is -2.02. The van der Waals surface area contributed by atoms with E-state index in [-0.39, 0.29) is 5.91 Å². The summed E-state index contributed by atoms with van der Waals surface area (Å²) in [4.78, 5) is 11.7. The molecular weight excluding hydrogens is 319 g/mol. The fourth-order valence-corrected chi connectivity index (χ4v) is 1.56. The van der Waals surface area contributed by atoms with Crippen molar-refractivity contribution in [2.24, 2.45) is 0 Å². The van der Waals surface area contributed by atoms with Crippen LogP contribution in [0.5, 0.6) is 0 Å². The first-order valence-electron chi connectivity index (χ1n) is 4.69. The summed E-state index contributed by atoms with van der Waals surface area (Å²) in [6.07, 6.45) is 1.48. The Labute approximate surface area is 106 Å². The summed E-state index contributed by atoms with van der Waals surface area (Å²) in [6.45, 7) is 0.376. The summed E-state index contributed by atoms with van der Waals surface area (Å²) in [5.41, 5.74) is 1.35. The summed E-state index contributed by atoms with van der Waals surface area (Å²) in [5, 5.41) is 6.46. The Bertz CT molecular complexity index is 465. The first-order valence-corrected chi connectivity index (χ1v) is 5.76. The van der Waals surface area contributed by atoms with Crippen LogP contribution in [0.4, 0.5) is 0 Å². The lowest BCUT2D eigenvalue weighted by Crippen LogP contribution is -2.22. The summed E-state index contributed by atoms with van der Waals surface area (Å²) < 4.78 is 5.77. The second-order valence-corrected chi connectivity index (χ2v) is 4.43. The van der Waals surface area contributed by atoms with E-state index in [4.69, 9.17) is 0 Å². The molecule has 1 aromatic carbocycles. The number of nitrogens with zero attached hydrogens (tertiary/aromatic N) is 1. The minimum atomic E-state index is -0.112. The highest BCUT2D eigenvalue weighted by molar-refractivity contribution is 14.1. The van der Waals surface area contributed by atoms with E-state index >= 15 is 0 Å². The van der Waals surface area contributed by atoms with E-state index in [1.165, 1.54) is 6.26 Å². The maximum atomic E-state index is 11.7. The normalized spacial score (nSPS) is 10.1. The topological polar surface area (TPSA) is 55.1 Å². The number of nitrogens with one attached hydrogen (secondary N) is 1. The van der Waals surface area contributed by atoms with Gasteiger partial charge in [-0.15, -0.1) is 0 Å². The van der Waals surface area contributed by atoms with Crippen LogP contribution in [-0.4, -0.2) is 11.1 Å². The van der Waals surface area contributed by atoms with Gasteiger partial charge in [-0.25, -0.2) is 0 Å². The second kappa shape index (κ2) is 5.11. The van der Waals surface area contributed by atoms with Crippen LogP contribution in [-0.2, 0) is 6.54 Å². The summed E-state index contributed by atoms with van der Waals surface area (Å²) in [5.74, 6) is -0.112. The van der Waals surface area contributed by atoms with E-state index in [1.807, 2.05) is 12.1 Å². The number of benzene rings is 1. The molecule has 0 aliphatic carbocycles. The Morgan fingerprint density at radius 3 is 2.69 bits per heavy atom. The maximum absolute atomic E-state index is 11.7. The summed E-state index contributed by atoms with van der Waals surface area (Å²) in [6, 6.07) is 9.09. The van der Waals surface area contributed by atoms with Crippen molar-refractivity contribution >= 4 is 28.5 Å². The van der Waals surface area contributed by atoms with Gasteiger partial charge in [-0.1, -0.05) is 5.16 Å². The minimum absolute atomic E-state index is 0.112. The van der Waals surface area contributed by atoms with Crippen molar-refractivity contribution in [1.29, 1.82) is 0 Å². The highest BCUT2D eigenvalue weighted by Crippen LogP contribution is 2.06. The highest BCUT2D eigenvalue weighted by atomic mass is 127. The van der Waals surface area contributed by atoms with Gasteiger partial charge < -0.3 is 9.84 Å². The van der Waals surface area contributed by atoms with E-state index in [0.717, 1.165) is 3.57 Å². The molecule has 0 fully saturated rings. The molecule has 1 heterocycles. The van der Waals surface area contributed by atoms with Gasteiger partial charge >= 0.3 is 0 Å². The van der Waals surface area contributed by atoms with E-state index in [1.54, 1.807) is 18.2 Å². The fourth-order valence-electron chi connectivity index (χ4n) is 1.20. The first kappa shape index (κ1) is 11.1. The molecule has 0 bridgehead atoms. The van der Waals surface area contributed by atoms with E-state index < -0.39 is 0 Å².